The lowest BCUT2D eigenvalue weighted by Gasteiger charge is -2.65. The Balaban J connectivity index is 1.70. The Hall–Kier alpha value is -0.640. The van der Waals surface area contributed by atoms with Crippen LogP contribution >= 0.6 is 12.2 Å². The maximum Gasteiger partial charge on any atom is 0.194 e. The standard InChI is InChI=1S/C16H25N3S/c1-14-4-11-5-15(2,8-14)10-16(6-11,9-14)7-12-17-18-13(20)19(12)3/h11H,4-10H2,1-3H3,(H,18,20). The molecule has 1 aromatic heterocycles. The van der Waals surface area contributed by atoms with Crippen LogP contribution in [-0.4, -0.2) is 14.8 Å². The van der Waals surface area contributed by atoms with Gasteiger partial charge < -0.3 is 4.57 Å². The quantitative estimate of drug-likeness (QED) is 0.835. The molecule has 0 aliphatic heterocycles. The summed E-state index contributed by atoms with van der Waals surface area (Å²) in [7, 11) is 2.05. The van der Waals surface area contributed by atoms with E-state index in [0.717, 1.165) is 22.9 Å². The Morgan fingerprint density at radius 1 is 1.20 bits per heavy atom. The molecule has 110 valence electrons. The van der Waals surface area contributed by atoms with E-state index < -0.39 is 0 Å². The van der Waals surface area contributed by atoms with Gasteiger partial charge in [0, 0.05) is 13.5 Å². The lowest BCUT2D eigenvalue weighted by Crippen LogP contribution is -2.55. The minimum Gasteiger partial charge on any atom is -0.307 e. The van der Waals surface area contributed by atoms with E-state index in [2.05, 4.69) is 28.6 Å². The Bertz CT molecular complexity index is 595. The molecule has 0 spiro atoms. The molecule has 0 amide bonds. The highest BCUT2D eigenvalue weighted by Gasteiger charge is 2.60. The Kier molecular flexibility index (Phi) is 2.45. The largest absolute Gasteiger partial charge is 0.307 e. The molecule has 20 heavy (non-hydrogen) atoms. The third-order valence-electron chi connectivity index (χ3n) is 6.25. The minimum atomic E-state index is 0.484. The van der Waals surface area contributed by atoms with Crippen LogP contribution in [0, 0.1) is 26.9 Å². The molecule has 5 rings (SSSR count). The number of nitrogens with one attached hydrogen (secondary N) is 1. The number of nitrogens with zero attached hydrogens (tertiary/aromatic N) is 2. The van der Waals surface area contributed by atoms with Gasteiger partial charge in [-0.2, -0.15) is 5.10 Å². The summed E-state index contributed by atoms with van der Waals surface area (Å²) in [5.74, 6) is 2.11. The second-order valence-electron chi connectivity index (χ2n) is 8.81. The van der Waals surface area contributed by atoms with Crippen molar-refractivity contribution in [2.75, 3.05) is 0 Å². The molecule has 3 nitrogen and oxygen atoms in total. The normalized spacial score (nSPS) is 46.0. The zero-order valence-electron chi connectivity index (χ0n) is 12.8. The second-order valence-corrected chi connectivity index (χ2v) is 9.20. The highest BCUT2D eigenvalue weighted by Crippen LogP contribution is 2.70. The molecule has 4 aliphatic rings. The van der Waals surface area contributed by atoms with Crippen molar-refractivity contribution in [1.82, 2.24) is 14.8 Å². The first-order valence-corrected chi connectivity index (χ1v) is 8.32. The summed E-state index contributed by atoms with van der Waals surface area (Å²) in [6.07, 6.45) is 9.68. The molecule has 4 saturated carbocycles. The van der Waals surface area contributed by atoms with Crippen LogP contribution in [0.25, 0.3) is 0 Å². The van der Waals surface area contributed by atoms with Gasteiger partial charge in [0.1, 0.15) is 5.82 Å². The molecule has 1 heterocycles. The molecule has 1 N–H and O–H groups in total. The molecule has 2 atom stereocenters. The zero-order chi connectivity index (χ0) is 14.2. The van der Waals surface area contributed by atoms with E-state index in [1.165, 1.54) is 38.5 Å². The van der Waals surface area contributed by atoms with Crippen molar-refractivity contribution in [2.24, 2.45) is 29.2 Å². The van der Waals surface area contributed by atoms with Gasteiger partial charge in [-0.25, -0.2) is 0 Å². The fraction of sp³-hybridized carbons (Fsp3) is 0.875. The topological polar surface area (TPSA) is 33.6 Å². The Labute approximate surface area is 126 Å². The SMILES string of the molecule is Cn1c(CC23CC4CC(C)(CC(C)(C4)C2)C3)n[nH]c1=S. The van der Waals surface area contributed by atoms with E-state index in [1.807, 2.05) is 7.05 Å². The van der Waals surface area contributed by atoms with E-state index in [9.17, 15) is 0 Å². The third-order valence-corrected chi connectivity index (χ3v) is 6.61. The molecule has 4 fully saturated rings. The number of hydrogen-bond donors (Lipinski definition) is 1. The van der Waals surface area contributed by atoms with Crippen molar-refractivity contribution in [3.05, 3.63) is 10.6 Å². The van der Waals surface area contributed by atoms with Crippen LogP contribution in [0.1, 0.15) is 58.2 Å². The molecule has 2 unspecified atom stereocenters. The van der Waals surface area contributed by atoms with Gasteiger partial charge in [-0.05, 0) is 72.9 Å². The van der Waals surface area contributed by atoms with E-state index in [-0.39, 0.29) is 0 Å². The van der Waals surface area contributed by atoms with Gasteiger partial charge in [-0.1, -0.05) is 13.8 Å². The van der Waals surface area contributed by atoms with E-state index >= 15 is 0 Å². The first-order chi connectivity index (χ1) is 9.31. The fourth-order valence-electron chi connectivity index (χ4n) is 6.75. The fourth-order valence-corrected chi connectivity index (χ4v) is 6.91. The molecular formula is C16H25N3S. The van der Waals surface area contributed by atoms with Crippen LogP contribution < -0.4 is 0 Å². The molecule has 4 aliphatic carbocycles. The zero-order valence-corrected chi connectivity index (χ0v) is 13.6. The van der Waals surface area contributed by atoms with Crippen molar-refractivity contribution < 1.29 is 0 Å². The van der Waals surface area contributed by atoms with Crippen molar-refractivity contribution in [2.45, 2.75) is 58.8 Å². The van der Waals surface area contributed by atoms with Crippen molar-refractivity contribution in [1.29, 1.82) is 0 Å². The van der Waals surface area contributed by atoms with Crippen LogP contribution in [0.5, 0.6) is 0 Å². The molecule has 4 heteroatoms. The highest BCUT2D eigenvalue weighted by atomic mass is 32.1. The Morgan fingerprint density at radius 3 is 2.35 bits per heavy atom. The summed E-state index contributed by atoms with van der Waals surface area (Å²) in [6.45, 7) is 5.07. The maximum absolute atomic E-state index is 5.27. The third kappa shape index (κ3) is 1.83. The van der Waals surface area contributed by atoms with Crippen LogP contribution in [0.3, 0.4) is 0 Å². The monoisotopic (exact) mass is 291 g/mol. The first-order valence-electron chi connectivity index (χ1n) is 7.91. The van der Waals surface area contributed by atoms with Crippen molar-refractivity contribution >= 4 is 12.2 Å². The van der Waals surface area contributed by atoms with Gasteiger partial charge >= 0.3 is 0 Å². The maximum atomic E-state index is 5.27. The van der Waals surface area contributed by atoms with E-state index in [1.54, 1.807) is 0 Å². The molecule has 4 bridgehead atoms. The lowest BCUT2D eigenvalue weighted by atomic mass is 9.40. The number of rotatable bonds is 2. The molecule has 0 saturated heterocycles. The van der Waals surface area contributed by atoms with Gasteiger partial charge in [0.25, 0.3) is 0 Å². The highest BCUT2D eigenvalue weighted by molar-refractivity contribution is 7.71. The number of H-pyrrole nitrogens is 1. The van der Waals surface area contributed by atoms with Crippen molar-refractivity contribution in [3.63, 3.8) is 0 Å². The average Bonchev–Trinajstić information content (AvgIpc) is 2.55. The summed E-state index contributed by atoms with van der Waals surface area (Å²) in [5.41, 5.74) is 1.65. The van der Waals surface area contributed by atoms with Crippen LogP contribution in [0.15, 0.2) is 0 Å². The molecule has 1 aromatic rings. The number of aromatic amines is 1. The van der Waals surface area contributed by atoms with Crippen LogP contribution in [0.4, 0.5) is 0 Å². The van der Waals surface area contributed by atoms with Crippen LogP contribution in [-0.2, 0) is 13.5 Å². The van der Waals surface area contributed by atoms with Crippen LogP contribution in [0.2, 0.25) is 0 Å². The predicted octanol–water partition coefficient (Wildman–Crippen LogP) is 4.02. The van der Waals surface area contributed by atoms with E-state index in [0.29, 0.717) is 16.2 Å². The van der Waals surface area contributed by atoms with Gasteiger partial charge in [0.05, 0.1) is 0 Å². The minimum absolute atomic E-state index is 0.484. The first kappa shape index (κ1) is 13.1. The van der Waals surface area contributed by atoms with Crippen molar-refractivity contribution in [3.8, 4) is 0 Å². The number of aromatic nitrogens is 3. The van der Waals surface area contributed by atoms with Gasteiger partial charge in [0.2, 0.25) is 0 Å². The molecule has 0 radical (unpaired) electrons. The van der Waals surface area contributed by atoms with Gasteiger partial charge in [-0.15, -0.1) is 0 Å². The summed E-state index contributed by atoms with van der Waals surface area (Å²) < 4.78 is 2.82. The average molecular weight is 291 g/mol. The molecular weight excluding hydrogens is 266 g/mol. The number of hydrogen-bond acceptors (Lipinski definition) is 2. The van der Waals surface area contributed by atoms with Gasteiger partial charge in [0.15, 0.2) is 4.77 Å². The lowest BCUT2D eigenvalue weighted by molar-refractivity contribution is -0.145. The summed E-state index contributed by atoms with van der Waals surface area (Å²) >= 11 is 5.27. The predicted molar refractivity (Wildman–Crippen MR) is 81.9 cm³/mol. The van der Waals surface area contributed by atoms with E-state index in [4.69, 9.17) is 12.2 Å². The smallest absolute Gasteiger partial charge is 0.194 e. The van der Waals surface area contributed by atoms with Gasteiger partial charge in [-0.3, -0.25) is 5.10 Å². The summed E-state index contributed by atoms with van der Waals surface area (Å²) in [4.78, 5) is 0. The summed E-state index contributed by atoms with van der Waals surface area (Å²) in [5, 5.41) is 7.44. The second kappa shape index (κ2) is 3.76. The summed E-state index contributed by atoms with van der Waals surface area (Å²) in [6, 6.07) is 0. The molecule has 0 aromatic carbocycles. The Morgan fingerprint density at radius 2 is 1.85 bits per heavy atom.